The van der Waals surface area contributed by atoms with Crippen LogP contribution in [-0.2, 0) is 16.6 Å². The molecule has 2 N–H and O–H groups in total. The van der Waals surface area contributed by atoms with Crippen LogP contribution in [0.5, 0.6) is 0 Å². The van der Waals surface area contributed by atoms with Crippen molar-refractivity contribution in [2.75, 3.05) is 7.05 Å². The van der Waals surface area contributed by atoms with Crippen molar-refractivity contribution in [1.82, 2.24) is 10.0 Å². The third-order valence-corrected chi connectivity index (χ3v) is 5.38. The summed E-state index contributed by atoms with van der Waals surface area (Å²) in [6, 6.07) is 1.73. The van der Waals surface area contributed by atoms with Crippen LogP contribution in [0.4, 0.5) is 0 Å². The molecule has 6 heteroatoms. The lowest BCUT2D eigenvalue weighted by Gasteiger charge is -2.10. The van der Waals surface area contributed by atoms with Gasteiger partial charge in [0.15, 0.2) is 0 Å². The predicted octanol–water partition coefficient (Wildman–Crippen LogP) is 1.30. The Morgan fingerprint density at radius 2 is 2.19 bits per heavy atom. The van der Waals surface area contributed by atoms with Crippen LogP contribution in [0.1, 0.15) is 24.6 Å². The van der Waals surface area contributed by atoms with Gasteiger partial charge in [0.1, 0.15) is 0 Å². The Labute approximate surface area is 100 Å². The molecule has 4 nitrogen and oxygen atoms in total. The van der Waals surface area contributed by atoms with E-state index in [9.17, 15) is 8.42 Å². The average molecular weight is 260 g/mol. The molecule has 0 unspecified atom stereocenters. The molecule has 1 aliphatic carbocycles. The Balaban J connectivity index is 2.15. The maximum atomic E-state index is 12.0. The van der Waals surface area contributed by atoms with Gasteiger partial charge >= 0.3 is 0 Å². The van der Waals surface area contributed by atoms with Gasteiger partial charge in [-0.3, -0.25) is 0 Å². The fourth-order valence-electron chi connectivity index (χ4n) is 1.44. The quantitative estimate of drug-likeness (QED) is 0.839. The second-order valence-electron chi connectivity index (χ2n) is 4.45. The molecule has 0 aliphatic heterocycles. The van der Waals surface area contributed by atoms with E-state index in [0.717, 1.165) is 17.7 Å². The third-order valence-electron chi connectivity index (χ3n) is 2.67. The molecule has 16 heavy (non-hydrogen) atoms. The molecule has 1 aromatic rings. The van der Waals surface area contributed by atoms with Gasteiger partial charge in [0.2, 0.25) is 10.0 Å². The van der Waals surface area contributed by atoms with Crippen molar-refractivity contribution in [3.8, 4) is 0 Å². The minimum atomic E-state index is -3.32. The first-order chi connectivity index (χ1) is 7.45. The fraction of sp³-hybridized carbons (Fsp3) is 0.600. The van der Waals surface area contributed by atoms with Gasteiger partial charge in [-0.2, -0.15) is 0 Å². The Bertz CT molecular complexity index is 475. The molecule has 0 amide bonds. The van der Waals surface area contributed by atoms with Gasteiger partial charge in [-0.1, -0.05) is 0 Å². The second-order valence-corrected chi connectivity index (χ2v) is 7.12. The maximum Gasteiger partial charge on any atom is 0.241 e. The van der Waals surface area contributed by atoms with E-state index >= 15 is 0 Å². The molecule has 0 saturated heterocycles. The third kappa shape index (κ3) is 2.63. The van der Waals surface area contributed by atoms with Crippen molar-refractivity contribution in [3.63, 3.8) is 0 Å². The normalized spacial score (nSPS) is 18.6. The number of sulfonamides is 1. The van der Waals surface area contributed by atoms with Crippen molar-refractivity contribution >= 4 is 21.4 Å². The van der Waals surface area contributed by atoms with Crippen molar-refractivity contribution in [1.29, 1.82) is 0 Å². The first-order valence-electron chi connectivity index (χ1n) is 5.21. The Kier molecular flexibility index (Phi) is 3.09. The van der Waals surface area contributed by atoms with Crippen LogP contribution in [0.3, 0.4) is 0 Å². The van der Waals surface area contributed by atoms with Gasteiger partial charge in [-0.05, 0) is 32.9 Å². The van der Waals surface area contributed by atoms with Gasteiger partial charge in [0.25, 0.3) is 0 Å². The highest BCUT2D eigenvalue weighted by Crippen LogP contribution is 2.36. The highest BCUT2D eigenvalue weighted by atomic mass is 32.2. The molecule has 0 spiro atoms. The molecule has 1 aliphatic rings. The van der Waals surface area contributed by atoms with E-state index in [1.165, 1.54) is 11.3 Å². The number of nitrogens with one attached hydrogen (secondary N) is 2. The van der Waals surface area contributed by atoms with Gasteiger partial charge in [0, 0.05) is 22.3 Å². The zero-order chi connectivity index (χ0) is 11.8. The molecule has 1 heterocycles. The highest BCUT2D eigenvalue weighted by molar-refractivity contribution is 7.89. The molecule has 90 valence electrons. The standard InChI is InChI=1S/C10H16N2O2S2/c1-10(3-4-10)12-16(13,14)9-5-8(6-11-2)15-7-9/h5,7,11-12H,3-4,6H2,1-2H3. The monoisotopic (exact) mass is 260 g/mol. The summed E-state index contributed by atoms with van der Waals surface area (Å²) in [7, 11) is -1.48. The molecule has 1 fully saturated rings. The number of rotatable bonds is 5. The molecule has 2 rings (SSSR count). The van der Waals surface area contributed by atoms with Crippen molar-refractivity contribution < 1.29 is 8.42 Å². The van der Waals surface area contributed by atoms with Crippen molar-refractivity contribution in [2.45, 2.75) is 36.7 Å². The first-order valence-corrected chi connectivity index (χ1v) is 7.57. The van der Waals surface area contributed by atoms with Gasteiger partial charge in [-0.15, -0.1) is 11.3 Å². The van der Waals surface area contributed by atoms with Crippen LogP contribution in [0, 0.1) is 0 Å². The maximum absolute atomic E-state index is 12.0. The van der Waals surface area contributed by atoms with E-state index in [4.69, 9.17) is 0 Å². The molecule has 0 bridgehead atoms. The zero-order valence-electron chi connectivity index (χ0n) is 9.41. The molecule has 1 aromatic heterocycles. The molecular formula is C10H16N2O2S2. The lowest BCUT2D eigenvalue weighted by molar-refractivity contribution is 0.558. The summed E-state index contributed by atoms with van der Waals surface area (Å²) in [5, 5.41) is 4.70. The van der Waals surface area contributed by atoms with E-state index in [0.29, 0.717) is 11.4 Å². The summed E-state index contributed by atoms with van der Waals surface area (Å²) in [6.07, 6.45) is 1.86. The summed E-state index contributed by atoms with van der Waals surface area (Å²) in [5.74, 6) is 0. The summed E-state index contributed by atoms with van der Waals surface area (Å²) in [4.78, 5) is 1.42. The van der Waals surface area contributed by atoms with Gasteiger partial charge in [0.05, 0.1) is 4.90 Å². The van der Waals surface area contributed by atoms with E-state index in [-0.39, 0.29) is 5.54 Å². The van der Waals surface area contributed by atoms with Crippen LogP contribution in [0.25, 0.3) is 0 Å². The number of hydrogen-bond donors (Lipinski definition) is 2. The molecule has 0 atom stereocenters. The van der Waals surface area contributed by atoms with E-state index in [1.54, 1.807) is 11.4 Å². The van der Waals surface area contributed by atoms with Crippen molar-refractivity contribution in [3.05, 3.63) is 16.3 Å². The van der Waals surface area contributed by atoms with Gasteiger partial charge < -0.3 is 5.32 Å². The second kappa shape index (κ2) is 4.10. The molecule has 0 radical (unpaired) electrons. The first kappa shape index (κ1) is 12.0. The Hall–Kier alpha value is -0.430. The lowest BCUT2D eigenvalue weighted by atomic mass is 10.4. The topological polar surface area (TPSA) is 58.2 Å². The Morgan fingerprint density at radius 3 is 2.75 bits per heavy atom. The average Bonchev–Trinajstić information content (AvgIpc) is 2.73. The van der Waals surface area contributed by atoms with Gasteiger partial charge in [-0.25, -0.2) is 13.1 Å². The van der Waals surface area contributed by atoms with Crippen molar-refractivity contribution in [2.24, 2.45) is 0 Å². The number of thiophene rings is 1. The van der Waals surface area contributed by atoms with Crippen LogP contribution in [0.2, 0.25) is 0 Å². The number of hydrogen-bond acceptors (Lipinski definition) is 4. The minimum absolute atomic E-state index is 0.204. The predicted molar refractivity (Wildman–Crippen MR) is 65.0 cm³/mol. The molecular weight excluding hydrogens is 244 g/mol. The van der Waals surface area contributed by atoms with E-state index in [1.807, 2.05) is 14.0 Å². The zero-order valence-corrected chi connectivity index (χ0v) is 11.0. The summed E-state index contributed by atoms with van der Waals surface area (Å²) < 4.78 is 26.7. The van der Waals surface area contributed by atoms with E-state index < -0.39 is 10.0 Å². The van der Waals surface area contributed by atoms with Crippen LogP contribution >= 0.6 is 11.3 Å². The fourth-order valence-corrected chi connectivity index (χ4v) is 4.19. The Morgan fingerprint density at radius 1 is 1.50 bits per heavy atom. The minimum Gasteiger partial charge on any atom is -0.315 e. The molecule has 0 aromatic carbocycles. The summed E-state index contributed by atoms with van der Waals surface area (Å²) in [6.45, 7) is 2.64. The summed E-state index contributed by atoms with van der Waals surface area (Å²) >= 11 is 1.47. The van der Waals surface area contributed by atoms with Crippen LogP contribution < -0.4 is 10.0 Å². The molecule has 1 saturated carbocycles. The summed E-state index contributed by atoms with van der Waals surface area (Å²) in [5.41, 5.74) is -0.204. The van der Waals surface area contributed by atoms with Crippen LogP contribution in [-0.4, -0.2) is 21.0 Å². The largest absolute Gasteiger partial charge is 0.315 e. The lowest BCUT2D eigenvalue weighted by Crippen LogP contribution is -2.33. The smallest absolute Gasteiger partial charge is 0.241 e. The van der Waals surface area contributed by atoms with Crippen LogP contribution in [0.15, 0.2) is 16.3 Å². The highest BCUT2D eigenvalue weighted by Gasteiger charge is 2.41. The van der Waals surface area contributed by atoms with E-state index in [2.05, 4.69) is 10.0 Å². The SMILES string of the molecule is CNCc1cc(S(=O)(=O)NC2(C)CC2)cs1.